The van der Waals surface area contributed by atoms with Gasteiger partial charge in [-0.25, -0.2) is 17.9 Å². The van der Waals surface area contributed by atoms with E-state index in [1.807, 2.05) is 6.07 Å². The number of nitrogens with zero attached hydrogens (tertiary/aromatic N) is 1. The Balaban J connectivity index is 2.72. The minimum Gasteiger partial charge on any atom is -0.449 e. The summed E-state index contributed by atoms with van der Waals surface area (Å²) in [4.78, 5) is 23.6. The number of nitrogens with one attached hydrogen (secondary N) is 2. The lowest BCUT2D eigenvalue weighted by Crippen LogP contribution is -2.35. The highest BCUT2D eigenvalue weighted by Crippen LogP contribution is 2.12. The predicted octanol–water partition coefficient (Wildman–Crippen LogP) is 0.726. The maximum absolute atomic E-state index is 12.0. The molecule has 0 fully saturated rings. The van der Waals surface area contributed by atoms with Crippen molar-refractivity contribution in [3.8, 4) is 6.07 Å². The maximum Gasteiger partial charge on any atom is 0.338 e. The van der Waals surface area contributed by atoms with Crippen LogP contribution in [0.3, 0.4) is 0 Å². The topological polar surface area (TPSA) is 125 Å². The Hall–Kier alpha value is -2.70. The van der Waals surface area contributed by atoms with Crippen LogP contribution in [0, 0.1) is 11.3 Å². The zero-order valence-corrected chi connectivity index (χ0v) is 14.5. The quantitative estimate of drug-likeness (QED) is 0.377. The van der Waals surface area contributed by atoms with Crippen molar-refractivity contribution in [1.29, 1.82) is 5.26 Å². The Bertz CT molecular complexity index is 766. The zero-order valence-electron chi connectivity index (χ0n) is 13.7. The molecule has 9 heteroatoms. The predicted molar refractivity (Wildman–Crippen MR) is 89.9 cm³/mol. The summed E-state index contributed by atoms with van der Waals surface area (Å²) < 4.78 is 31.2. The summed E-state index contributed by atoms with van der Waals surface area (Å²) >= 11 is 0. The highest BCUT2D eigenvalue weighted by atomic mass is 32.2. The molecule has 1 aromatic rings. The van der Waals surface area contributed by atoms with Gasteiger partial charge in [-0.1, -0.05) is 6.08 Å². The molecule has 0 bridgehead atoms. The van der Waals surface area contributed by atoms with Crippen molar-refractivity contribution in [1.82, 2.24) is 10.0 Å². The van der Waals surface area contributed by atoms with Crippen molar-refractivity contribution in [2.75, 3.05) is 13.1 Å². The van der Waals surface area contributed by atoms with Crippen LogP contribution in [0.1, 0.15) is 23.7 Å². The Morgan fingerprint density at radius 3 is 2.56 bits per heavy atom. The van der Waals surface area contributed by atoms with Gasteiger partial charge in [0.2, 0.25) is 10.0 Å². The number of esters is 1. The molecule has 0 aliphatic heterocycles. The second kappa shape index (κ2) is 9.56. The van der Waals surface area contributed by atoms with Crippen LogP contribution in [-0.2, 0) is 19.6 Å². The first-order chi connectivity index (χ1) is 11.8. The van der Waals surface area contributed by atoms with Crippen LogP contribution in [0.25, 0.3) is 0 Å². The summed E-state index contributed by atoms with van der Waals surface area (Å²) in [6, 6.07) is 6.89. The molecule has 1 amide bonds. The number of carbonyl (C=O) groups is 2. The number of sulfonamides is 1. The third-order valence-corrected chi connectivity index (χ3v) is 4.48. The van der Waals surface area contributed by atoms with Gasteiger partial charge in [0.1, 0.15) is 0 Å². The van der Waals surface area contributed by atoms with E-state index >= 15 is 0 Å². The average molecular weight is 365 g/mol. The lowest BCUT2D eigenvalue weighted by molar-refractivity contribution is -0.128. The van der Waals surface area contributed by atoms with E-state index in [-0.39, 0.29) is 30.0 Å². The standard InChI is InChI=1S/C16H19N3O5S/c1-3-10-18-15(20)12(2)24-16(21)13-5-7-14(8-6-13)25(22,23)19-11-4-9-17/h3,5-8,12,19H,1,4,10-11H2,2H3,(H,18,20)/t12-/m1/s1. The monoisotopic (exact) mass is 365 g/mol. The van der Waals surface area contributed by atoms with Crippen molar-refractivity contribution in [2.24, 2.45) is 0 Å². The molecule has 0 heterocycles. The molecule has 1 rings (SSSR count). The number of hydrogen-bond acceptors (Lipinski definition) is 6. The number of benzene rings is 1. The van der Waals surface area contributed by atoms with Crippen molar-refractivity contribution in [3.63, 3.8) is 0 Å². The van der Waals surface area contributed by atoms with Gasteiger partial charge in [0.05, 0.1) is 16.5 Å². The summed E-state index contributed by atoms with van der Waals surface area (Å²) in [6.07, 6.45) is 0.551. The first kappa shape index (κ1) is 20.3. The molecule has 25 heavy (non-hydrogen) atoms. The van der Waals surface area contributed by atoms with Gasteiger partial charge in [-0.05, 0) is 31.2 Å². The molecule has 0 radical (unpaired) electrons. The molecule has 8 nitrogen and oxygen atoms in total. The number of amides is 1. The lowest BCUT2D eigenvalue weighted by atomic mass is 10.2. The molecule has 2 N–H and O–H groups in total. The van der Waals surface area contributed by atoms with Crippen LogP contribution < -0.4 is 10.0 Å². The van der Waals surface area contributed by atoms with Gasteiger partial charge in [-0.2, -0.15) is 5.26 Å². The molecular weight excluding hydrogens is 346 g/mol. The fraction of sp³-hybridized carbons (Fsp3) is 0.312. The second-order valence-electron chi connectivity index (χ2n) is 4.91. The molecule has 0 aromatic heterocycles. The summed E-state index contributed by atoms with van der Waals surface area (Å²) in [6.45, 7) is 5.14. The van der Waals surface area contributed by atoms with Gasteiger partial charge in [-0.3, -0.25) is 4.79 Å². The minimum atomic E-state index is -3.75. The second-order valence-corrected chi connectivity index (χ2v) is 6.68. The number of hydrogen-bond donors (Lipinski definition) is 2. The summed E-state index contributed by atoms with van der Waals surface area (Å²) in [5.41, 5.74) is 0.111. The van der Waals surface area contributed by atoms with Crippen LogP contribution in [0.2, 0.25) is 0 Å². The molecule has 134 valence electrons. The van der Waals surface area contributed by atoms with E-state index in [0.717, 1.165) is 0 Å². The summed E-state index contributed by atoms with van der Waals surface area (Å²) in [5.74, 6) is -1.21. The fourth-order valence-electron chi connectivity index (χ4n) is 1.69. The molecule has 0 saturated heterocycles. The molecule has 1 atom stereocenters. The smallest absolute Gasteiger partial charge is 0.338 e. The van der Waals surface area contributed by atoms with Crippen LogP contribution in [0.15, 0.2) is 41.8 Å². The van der Waals surface area contributed by atoms with E-state index in [2.05, 4.69) is 16.6 Å². The van der Waals surface area contributed by atoms with Gasteiger partial charge in [0, 0.05) is 19.5 Å². The van der Waals surface area contributed by atoms with E-state index in [1.165, 1.54) is 37.3 Å². The van der Waals surface area contributed by atoms with Crippen LogP contribution in [0.4, 0.5) is 0 Å². The normalized spacial score (nSPS) is 11.8. The van der Waals surface area contributed by atoms with E-state index in [1.54, 1.807) is 0 Å². The number of carbonyl (C=O) groups excluding carboxylic acids is 2. The van der Waals surface area contributed by atoms with Crippen LogP contribution >= 0.6 is 0 Å². The molecule has 0 saturated carbocycles. The molecule has 0 unspecified atom stereocenters. The molecule has 0 aliphatic carbocycles. The molecule has 0 spiro atoms. The highest BCUT2D eigenvalue weighted by Gasteiger charge is 2.19. The van der Waals surface area contributed by atoms with E-state index in [4.69, 9.17) is 10.00 Å². The Kier molecular flexibility index (Phi) is 7.78. The summed E-state index contributed by atoms with van der Waals surface area (Å²) in [5, 5.41) is 10.9. The average Bonchev–Trinajstić information content (AvgIpc) is 2.59. The molecule has 1 aromatic carbocycles. The van der Waals surface area contributed by atoms with Crippen molar-refractivity contribution in [2.45, 2.75) is 24.3 Å². The molecule has 0 aliphatic rings. The van der Waals surface area contributed by atoms with Gasteiger partial charge in [-0.15, -0.1) is 6.58 Å². The first-order valence-corrected chi connectivity index (χ1v) is 8.86. The Labute approximate surface area is 146 Å². The number of ether oxygens (including phenoxy) is 1. The highest BCUT2D eigenvalue weighted by molar-refractivity contribution is 7.89. The zero-order chi connectivity index (χ0) is 18.9. The summed E-state index contributed by atoms with van der Waals surface area (Å²) in [7, 11) is -3.75. The minimum absolute atomic E-state index is 0.0000384. The van der Waals surface area contributed by atoms with Gasteiger partial charge in [0.25, 0.3) is 5.91 Å². The van der Waals surface area contributed by atoms with Gasteiger partial charge < -0.3 is 10.1 Å². The third kappa shape index (κ3) is 6.37. The Morgan fingerprint density at radius 1 is 1.36 bits per heavy atom. The van der Waals surface area contributed by atoms with Crippen molar-refractivity contribution < 1.29 is 22.7 Å². The maximum atomic E-state index is 12.0. The van der Waals surface area contributed by atoms with Crippen LogP contribution in [0.5, 0.6) is 0 Å². The van der Waals surface area contributed by atoms with Crippen molar-refractivity contribution in [3.05, 3.63) is 42.5 Å². The molecular formula is C16H19N3O5S. The van der Waals surface area contributed by atoms with Gasteiger partial charge >= 0.3 is 5.97 Å². The van der Waals surface area contributed by atoms with E-state index in [0.29, 0.717) is 0 Å². The SMILES string of the molecule is C=CCNC(=O)[C@@H](C)OC(=O)c1ccc(S(=O)(=O)NCCC#N)cc1. The third-order valence-electron chi connectivity index (χ3n) is 3.00. The fourth-order valence-corrected chi connectivity index (χ4v) is 2.73. The Morgan fingerprint density at radius 2 is 2.00 bits per heavy atom. The first-order valence-electron chi connectivity index (χ1n) is 7.38. The lowest BCUT2D eigenvalue weighted by Gasteiger charge is -2.13. The van der Waals surface area contributed by atoms with E-state index in [9.17, 15) is 18.0 Å². The number of rotatable bonds is 9. The largest absolute Gasteiger partial charge is 0.449 e. The van der Waals surface area contributed by atoms with Gasteiger partial charge in [0.15, 0.2) is 6.10 Å². The number of nitriles is 1. The van der Waals surface area contributed by atoms with Crippen LogP contribution in [-0.4, -0.2) is 39.5 Å². The van der Waals surface area contributed by atoms with E-state index < -0.39 is 28.0 Å². The van der Waals surface area contributed by atoms with Crippen molar-refractivity contribution >= 4 is 21.9 Å².